The van der Waals surface area contributed by atoms with Gasteiger partial charge in [-0.25, -0.2) is 4.79 Å². The molecule has 1 rings (SSSR count). The standard InChI is InChI=1S/C17H20O5/c1-3-21-17(20)15(13(2)18)10-7-11-16(19)22-12-14-8-5-4-6-9-14/h4-9,11,15H,3,10,12H2,1-2H3/b11-7+. The lowest BCUT2D eigenvalue weighted by atomic mass is 10.0. The minimum atomic E-state index is -0.877. The Labute approximate surface area is 129 Å². The summed E-state index contributed by atoms with van der Waals surface area (Å²) in [6.45, 7) is 3.39. The van der Waals surface area contributed by atoms with Crippen molar-refractivity contribution in [3.8, 4) is 0 Å². The van der Waals surface area contributed by atoms with Gasteiger partial charge in [-0.05, 0) is 25.8 Å². The molecule has 5 nitrogen and oxygen atoms in total. The molecule has 118 valence electrons. The van der Waals surface area contributed by atoms with Crippen molar-refractivity contribution in [2.45, 2.75) is 26.9 Å². The number of ether oxygens (including phenoxy) is 2. The Morgan fingerprint density at radius 2 is 1.82 bits per heavy atom. The van der Waals surface area contributed by atoms with Crippen LogP contribution in [0.5, 0.6) is 0 Å². The fraction of sp³-hybridized carbons (Fsp3) is 0.353. The third-order valence-corrected chi connectivity index (χ3v) is 2.91. The van der Waals surface area contributed by atoms with E-state index in [1.54, 1.807) is 6.92 Å². The Morgan fingerprint density at radius 3 is 2.41 bits per heavy atom. The van der Waals surface area contributed by atoms with Gasteiger partial charge in [-0.2, -0.15) is 0 Å². The Kier molecular flexibility index (Phi) is 7.61. The lowest BCUT2D eigenvalue weighted by Gasteiger charge is -2.09. The molecule has 0 bridgehead atoms. The van der Waals surface area contributed by atoms with Crippen molar-refractivity contribution >= 4 is 17.7 Å². The molecular weight excluding hydrogens is 284 g/mol. The molecular formula is C17H20O5. The van der Waals surface area contributed by atoms with Crippen LogP contribution in [0.25, 0.3) is 0 Å². The van der Waals surface area contributed by atoms with Gasteiger partial charge in [0.25, 0.3) is 0 Å². The minimum Gasteiger partial charge on any atom is -0.465 e. The molecule has 0 radical (unpaired) electrons. The van der Waals surface area contributed by atoms with E-state index in [0.29, 0.717) is 0 Å². The van der Waals surface area contributed by atoms with E-state index in [0.717, 1.165) is 5.56 Å². The molecule has 5 heteroatoms. The van der Waals surface area contributed by atoms with E-state index >= 15 is 0 Å². The summed E-state index contributed by atoms with van der Waals surface area (Å²) in [5.41, 5.74) is 0.886. The first-order valence-corrected chi connectivity index (χ1v) is 7.09. The zero-order chi connectivity index (χ0) is 16.4. The van der Waals surface area contributed by atoms with E-state index in [-0.39, 0.29) is 25.4 Å². The van der Waals surface area contributed by atoms with E-state index in [4.69, 9.17) is 9.47 Å². The number of benzene rings is 1. The fourth-order valence-corrected chi connectivity index (χ4v) is 1.75. The van der Waals surface area contributed by atoms with Crippen molar-refractivity contribution in [2.24, 2.45) is 5.92 Å². The van der Waals surface area contributed by atoms with Gasteiger partial charge in [0.1, 0.15) is 18.3 Å². The number of allylic oxidation sites excluding steroid dienone is 1. The first-order chi connectivity index (χ1) is 10.5. The number of rotatable bonds is 8. The summed E-state index contributed by atoms with van der Waals surface area (Å²) in [4.78, 5) is 34.5. The first-order valence-electron chi connectivity index (χ1n) is 7.09. The maximum Gasteiger partial charge on any atom is 0.330 e. The SMILES string of the molecule is CCOC(=O)C(C/C=C/C(=O)OCc1ccccc1)C(C)=O. The highest BCUT2D eigenvalue weighted by Gasteiger charge is 2.23. The van der Waals surface area contributed by atoms with Crippen LogP contribution in [0.4, 0.5) is 0 Å². The molecule has 1 unspecified atom stereocenters. The van der Waals surface area contributed by atoms with Crippen molar-refractivity contribution in [2.75, 3.05) is 6.61 Å². The normalized spacial score (nSPS) is 11.9. The summed E-state index contributed by atoms with van der Waals surface area (Å²) >= 11 is 0. The van der Waals surface area contributed by atoms with E-state index < -0.39 is 17.9 Å². The van der Waals surface area contributed by atoms with Crippen LogP contribution < -0.4 is 0 Å². The second-order valence-corrected chi connectivity index (χ2v) is 4.65. The quantitative estimate of drug-likeness (QED) is 0.419. The molecule has 1 aromatic rings. The van der Waals surface area contributed by atoms with Crippen LogP contribution in [0, 0.1) is 5.92 Å². The summed E-state index contributed by atoms with van der Waals surface area (Å²) in [6, 6.07) is 9.29. The van der Waals surface area contributed by atoms with Crippen LogP contribution in [-0.4, -0.2) is 24.3 Å². The summed E-state index contributed by atoms with van der Waals surface area (Å²) in [6.07, 6.45) is 2.79. The summed E-state index contributed by atoms with van der Waals surface area (Å²) in [5.74, 6) is -2.26. The van der Waals surface area contributed by atoms with Gasteiger partial charge in [0.15, 0.2) is 0 Å². The summed E-state index contributed by atoms with van der Waals surface area (Å²) < 4.78 is 9.87. The largest absolute Gasteiger partial charge is 0.465 e. The predicted octanol–water partition coefficient (Wildman–Crippen LogP) is 2.44. The average molecular weight is 304 g/mol. The monoisotopic (exact) mass is 304 g/mol. The van der Waals surface area contributed by atoms with Gasteiger partial charge >= 0.3 is 11.9 Å². The topological polar surface area (TPSA) is 69.7 Å². The molecule has 1 aromatic carbocycles. The van der Waals surface area contributed by atoms with Crippen LogP contribution in [-0.2, 0) is 30.5 Å². The zero-order valence-electron chi connectivity index (χ0n) is 12.8. The Morgan fingerprint density at radius 1 is 1.14 bits per heavy atom. The first kappa shape index (κ1) is 17.6. The van der Waals surface area contributed by atoms with Crippen molar-refractivity contribution < 1.29 is 23.9 Å². The predicted molar refractivity (Wildman–Crippen MR) is 80.8 cm³/mol. The lowest BCUT2D eigenvalue weighted by molar-refractivity contribution is -0.151. The van der Waals surface area contributed by atoms with Gasteiger partial charge in [0.05, 0.1) is 6.61 Å². The van der Waals surface area contributed by atoms with Gasteiger partial charge in [-0.3, -0.25) is 9.59 Å². The van der Waals surface area contributed by atoms with Crippen LogP contribution in [0.3, 0.4) is 0 Å². The van der Waals surface area contributed by atoms with E-state index in [1.165, 1.54) is 19.1 Å². The highest BCUT2D eigenvalue weighted by atomic mass is 16.5. The van der Waals surface area contributed by atoms with Gasteiger partial charge in [0, 0.05) is 6.08 Å². The highest BCUT2D eigenvalue weighted by molar-refractivity contribution is 5.98. The molecule has 0 aromatic heterocycles. The number of carbonyl (C=O) groups is 3. The molecule has 0 amide bonds. The third-order valence-electron chi connectivity index (χ3n) is 2.91. The van der Waals surface area contributed by atoms with Crippen molar-refractivity contribution in [1.82, 2.24) is 0 Å². The summed E-state index contributed by atoms with van der Waals surface area (Å²) in [5, 5.41) is 0. The zero-order valence-corrected chi connectivity index (χ0v) is 12.8. The maximum absolute atomic E-state index is 11.6. The highest BCUT2D eigenvalue weighted by Crippen LogP contribution is 2.09. The average Bonchev–Trinajstić information content (AvgIpc) is 2.50. The van der Waals surface area contributed by atoms with Crippen LogP contribution in [0.1, 0.15) is 25.8 Å². The number of esters is 2. The van der Waals surface area contributed by atoms with Crippen molar-refractivity contribution in [3.63, 3.8) is 0 Å². The van der Waals surface area contributed by atoms with E-state index in [2.05, 4.69) is 0 Å². The van der Waals surface area contributed by atoms with E-state index in [1.807, 2.05) is 30.3 Å². The van der Waals surface area contributed by atoms with Crippen LogP contribution >= 0.6 is 0 Å². The van der Waals surface area contributed by atoms with Gasteiger partial charge < -0.3 is 9.47 Å². The fourth-order valence-electron chi connectivity index (χ4n) is 1.75. The Bertz CT molecular complexity index is 533. The van der Waals surface area contributed by atoms with E-state index in [9.17, 15) is 14.4 Å². The molecule has 0 saturated heterocycles. The van der Waals surface area contributed by atoms with Crippen LogP contribution in [0.15, 0.2) is 42.5 Å². The summed E-state index contributed by atoms with van der Waals surface area (Å²) in [7, 11) is 0. The van der Waals surface area contributed by atoms with Gasteiger partial charge in [0.2, 0.25) is 0 Å². The van der Waals surface area contributed by atoms with Crippen molar-refractivity contribution in [3.05, 3.63) is 48.0 Å². The minimum absolute atomic E-state index is 0.120. The number of hydrogen-bond acceptors (Lipinski definition) is 5. The Hall–Kier alpha value is -2.43. The molecule has 0 aliphatic rings. The molecule has 1 atom stereocenters. The second kappa shape index (κ2) is 9.50. The van der Waals surface area contributed by atoms with Crippen molar-refractivity contribution in [1.29, 1.82) is 0 Å². The number of Topliss-reactive ketones (excluding diaryl/α,β-unsaturated/α-hetero) is 1. The number of carbonyl (C=O) groups excluding carboxylic acids is 3. The molecule has 22 heavy (non-hydrogen) atoms. The molecule has 0 heterocycles. The lowest BCUT2D eigenvalue weighted by Crippen LogP contribution is -2.23. The third kappa shape index (κ3) is 6.35. The smallest absolute Gasteiger partial charge is 0.330 e. The van der Waals surface area contributed by atoms with Crippen LogP contribution in [0.2, 0.25) is 0 Å². The molecule has 0 fully saturated rings. The molecule has 0 spiro atoms. The number of hydrogen-bond donors (Lipinski definition) is 0. The molecule has 0 N–H and O–H groups in total. The Balaban J connectivity index is 2.44. The molecule has 0 aliphatic carbocycles. The molecule has 0 aliphatic heterocycles. The second-order valence-electron chi connectivity index (χ2n) is 4.65. The molecule has 0 saturated carbocycles. The van der Waals surface area contributed by atoms with Gasteiger partial charge in [-0.15, -0.1) is 0 Å². The number of ketones is 1. The van der Waals surface area contributed by atoms with Gasteiger partial charge in [-0.1, -0.05) is 36.4 Å². The maximum atomic E-state index is 11.6.